The number of rotatable bonds is 6. The molecule has 0 unspecified atom stereocenters. The lowest BCUT2D eigenvalue weighted by atomic mass is 10.0. The summed E-state index contributed by atoms with van der Waals surface area (Å²) in [5.41, 5.74) is 3.42. The van der Waals surface area contributed by atoms with Crippen molar-refractivity contribution in [1.29, 1.82) is 0 Å². The van der Waals surface area contributed by atoms with Crippen LogP contribution < -0.4 is 5.32 Å². The predicted octanol–water partition coefficient (Wildman–Crippen LogP) is 3.95. The molecule has 4 aromatic rings. The minimum atomic E-state index is -0.587. The summed E-state index contributed by atoms with van der Waals surface area (Å²) < 4.78 is 10.7. The Morgan fingerprint density at radius 2 is 1.77 bits per heavy atom. The third-order valence-corrected chi connectivity index (χ3v) is 4.80. The number of aromatic nitrogens is 3. The van der Waals surface area contributed by atoms with Crippen molar-refractivity contribution in [3.63, 3.8) is 0 Å². The van der Waals surface area contributed by atoms with E-state index in [0.717, 1.165) is 16.8 Å². The SMILES string of the molecule is CCc1nc2ccccc2c(C(=O)OCC(=O)Nc2nnc(-c3ccccc3)o2)c1C. The van der Waals surface area contributed by atoms with Crippen molar-refractivity contribution in [2.24, 2.45) is 0 Å². The minimum absolute atomic E-state index is 0.0706. The van der Waals surface area contributed by atoms with Crippen molar-refractivity contribution in [3.8, 4) is 11.5 Å². The number of ether oxygens (including phenoxy) is 1. The van der Waals surface area contributed by atoms with Gasteiger partial charge in [-0.25, -0.2) is 4.79 Å². The van der Waals surface area contributed by atoms with Crippen LogP contribution in [0.1, 0.15) is 28.5 Å². The average Bonchev–Trinajstić information content (AvgIpc) is 3.26. The monoisotopic (exact) mass is 416 g/mol. The molecule has 0 aliphatic heterocycles. The van der Waals surface area contributed by atoms with Crippen LogP contribution in [0, 0.1) is 6.92 Å². The molecule has 8 nitrogen and oxygen atoms in total. The number of nitrogens with zero attached hydrogens (tertiary/aromatic N) is 3. The van der Waals surface area contributed by atoms with E-state index in [1.165, 1.54) is 0 Å². The highest BCUT2D eigenvalue weighted by atomic mass is 16.5. The van der Waals surface area contributed by atoms with Gasteiger partial charge < -0.3 is 9.15 Å². The summed E-state index contributed by atoms with van der Waals surface area (Å²) in [7, 11) is 0. The molecule has 0 saturated carbocycles. The second-order valence-electron chi connectivity index (χ2n) is 6.83. The lowest BCUT2D eigenvalue weighted by Crippen LogP contribution is -2.22. The van der Waals surface area contributed by atoms with Crippen LogP contribution in [-0.2, 0) is 16.0 Å². The molecule has 0 aliphatic rings. The molecule has 0 aliphatic carbocycles. The fraction of sp³-hybridized carbons (Fsp3) is 0.174. The van der Waals surface area contributed by atoms with Crippen molar-refractivity contribution in [3.05, 3.63) is 71.4 Å². The summed E-state index contributed by atoms with van der Waals surface area (Å²) >= 11 is 0. The van der Waals surface area contributed by atoms with Crippen LogP contribution in [0.3, 0.4) is 0 Å². The van der Waals surface area contributed by atoms with E-state index in [4.69, 9.17) is 9.15 Å². The molecule has 2 aromatic heterocycles. The van der Waals surface area contributed by atoms with E-state index in [2.05, 4.69) is 20.5 Å². The van der Waals surface area contributed by atoms with E-state index in [1.807, 2.05) is 68.4 Å². The predicted molar refractivity (Wildman–Crippen MR) is 115 cm³/mol. The van der Waals surface area contributed by atoms with E-state index < -0.39 is 18.5 Å². The van der Waals surface area contributed by atoms with Crippen LogP contribution in [0.4, 0.5) is 6.01 Å². The van der Waals surface area contributed by atoms with Crippen LogP contribution in [0.2, 0.25) is 0 Å². The van der Waals surface area contributed by atoms with Gasteiger partial charge in [0.25, 0.3) is 5.91 Å². The first-order valence-corrected chi connectivity index (χ1v) is 9.81. The van der Waals surface area contributed by atoms with Gasteiger partial charge in [-0.1, -0.05) is 48.4 Å². The number of fused-ring (bicyclic) bond motifs is 1. The number of anilines is 1. The number of esters is 1. The van der Waals surface area contributed by atoms with E-state index >= 15 is 0 Å². The number of hydrogen-bond acceptors (Lipinski definition) is 7. The molecule has 0 saturated heterocycles. The molecule has 0 spiro atoms. The summed E-state index contributed by atoms with van der Waals surface area (Å²) in [6, 6.07) is 16.5. The Kier molecular flexibility index (Phi) is 5.70. The summed E-state index contributed by atoms with van der Waals surface area (Å²) in [6.45, 7) is 3.32. The molecule has 31 heavy (non-hydrogen) atoms. The number of carbonyl (C=O) groups is 2. The van der Waals surface area contributed by atoms with Crippen molar-refractivity contribution >= 4 is 28.8 Å². The molecule has 8 heteroatoms. The van der Waals surface area contributed by atoms with Crippen molar-refractivity contribution in [1.82, 2.24) is 15.2 Å². The second kappa shape index (κ2) is 8.74. The Bertz CT molecular complexity index is 1250. The number of para-hydroxylation sites is 1. The van der Waals surface area contributed by atoms with Gasteiger partial charge in [-0.3, -0.25) is 15.1 Å². The van der Waals surface area contributed by atoms with Gasteiger partial charge in [-0.05, 0) is 37.1 Å². The maximum Gasteiger partial charge on any atom is 0.339 e. The summed E-state index contributed by atoms with van der Waals surface area (Å²) in [5, 5.41) is 10.8. The Morgan fingerprint density at radius 1 is 1.03 bits per heavy atom. The zero-order chi connectivity index (χ0) is 21.8. The van der Waals surface area contributed by atoms with E-state index in [0.29, 0.717) is 22.9 Å². The third-order valence-electron chi connectivity index (χ3n) is 4.80. The molecule has 0 atom stereocenters. The van der Waals surface area contributed by atoms with Crippen molar-refractivity contribution in [2.45, 2.75) is 20.3 Å². The van der Waals surface area contributed by atoms with Crippen LogP contribution in [0.25, 0.3) is 22.4 Å². The molecule has 0 bridgehead atoms. The third kappa shape index (κ3) is 4.28. The van der Waals surface area contributed by atoms with Gasteiger partial charge in [0.1, 0.15) is 0 Å². The molecule has 156 valence electrons. The molecule has 1 N–H and O–H groups in total. The number of pyridine rings is 1. The van der Waals surface area contributed by atoms with Gasteiger partial charge in [0.2, 0.25) is 5.89 Å². The largest absolute Gasteiger partial charge is 0.452 e. The van der Waals surface area contributed by atoms with E-state index in [1.54, 1.807) is 0 Å². The van der Waals surface area contributed by atoms with Gasteiger partial charge in [0.15, 0.2) is 6.61 Å². The Balaban J connectivity index is 1.45. The second-order valence-corrected chi connectivity index (χ2v) is 6.83. The zero-order valence-corrected chi connectivity index (χ0v) is 17.1. The topological polar surface area (TPSA) is 107 Å². The van der Waals surface area contributed by atoms with E-state index in [-0.39, 0.29) is 11.9 Å². The first-order chi connectivity index (χ1) is 15.1. The number of benzene rings is 2. The van der Waals surface area contributed by atoms with Crippen molar-refractivity contribution in [2.75, 3.05) is 11.9 Å². The highest BCUT2D eigenvalue weighted by Gasteiger charge is 2.20. The van der Waals surface area contributed by atoms with Gasteiger partial charge in [-0.15, -0.1) is 5.10 Å². The zero-order valence-electron chi connectivity index (χ0n) is 17.1. The van der Waals surface area contributed by atoms with E-state index in [9.17, 15) is 9.59 Å². The molecule has 0 radical (unpaired) electrons. The summed E-state index contributed by atoms with van der Waals surface area (Å²) in [4.78, 5) is 29.6. The first kappa shape index (κ1) is 20.2. The lowest BCUT2D eigenvalue weighted by molar-refractivity contribution is -0.119. The van der Waals surface area contributed by atoms with Crippen LogP contribution in [0.15, 0.2) is 59.0 Å². The fourth-order valence-corrected chi connectivity index (χ4v) is 3.30. The molecule has 2 heterocycles. The Hall–Kier alpha value is -4.07. The van der Waals surface area contributed by atoms with Crippen molar-refractivity contribution < 1.29 is 18.7 Å². The molecule has 0 fully saturated rings. The molecular formula is C23H20N4O4. The molecular weight excluding hydrogens is 396 g/mol. The average molecular weight is 416 g/mol. The standard InChI is InChI=1S/C23H20N4O4/c1-3-17-14(2)20(16-11-7-8-12-18(16)24-17)22(29)30-13-19(28)25-23-27-26-21(31-23)15-9-5-4-6-10-15/h4-12H,3,13H2,1-2H3,(H,25,27,28). The van der Waals surface area contributed by atoms with Gasteiger partial charge in [0, 0.05) is 16.6 Å². The number of carbonyl (C=O) groups excluding carboxylic acids is 2. The molecule has 4 rings (SSSR count). The smallest absolute Gasteiger partial charge is 0.339 e. The normalized spacial score (nSPS) is 10.8. The number of nitrogens with one attached hydrogen (secondary N) is 1. The number of amides is 1. The summed E-state index contributed by atoms with van der Waals surface area (Å²) in [5.74, 6) is -0.890. The maximum atomic E-state index is 12.8. The van der Waals surface area contributed by atoms with Gasteiger partial charge in [-0.2, -0.15) is 0 Å². The molecule has 2 aromatic carbocycles. The first-order valence-electron chi connectivity index (χ1n) is 9.81. The Labute approximate surface area is 178 Å². The highest BCUT2D eigenvalue weighted by molar-refractivity contribution is 6.05. The lowest BCUT2D eigenvalue weighted by Gasteiger charge is -2.13. The van der Waals surface area contributed by atoms with Gasteiger partial charge in [0.05, 0.1) is 11.1 Å². The summed E-state index contributed by atoms with van der Waals surface area (Å²) in [6.07, 6.45) is 0.679. The van der Waals surface area contributed by atoms with Crippen LogP contribution in [0.5, 0.6) is 0 Å². The molecule has 1 amide bonds. The number of aryl methyl sites for hydroxylation is 1. The minimum Gasteiger partial charge on any atom is -0.452 e. The quantitative estimate of drug-likeness (QED) is 0.474. The van der Waals surface area contributed by atoms with Gasteiger partial charge >= 0.3 is 12.0 Å². The Morgan fingerprint density at radius 3 is 2.55 bits per heavy atom. The van der Waals surface area contributed by atoms with Crippen LogP contribution in [-0.4, -0.2) is 33.7 Å². The number of hydrogen-bond donors (Lipinski definition) is 1. The maximum absolute atomic E-state index is 12.8. The fourth-order valence-electron chi connectivity index (χ4n) is 3.30. The van der Waals surface area contributed by atoms with Crippen LogP contribution >= 0.6 is 0 Å². The highest BCUT2D eigenvalue weighted by Crippen LogP contribution is 2.24.